The second-order valence-corrected chi connectivity index (χ2v) is 6.16. The summed E-state index contributed by atoms with van der Waals surface area (Å²) in [4.78, 5) is 16.7. The Morgan fingerprint density at radius 1 is 1.12 bits per heavy atom. The molecule has 7 heteroatoms. The Kier molecular flexibility index (Phi) is 5.70. The molecule has 134 valence electrons. The number of rotatable bonds is 7. The van der Waals surface area contributed by atoms with Crippen LogP contribution in [0, 0.1) is 0 Å². The Balaban J connectivity index is 1.64. The molecule has 1 amide bonds. The van der Waals surface area contributed by atoms with Gasteiger partial charge in [0.25, 0.3) is 5.91 Å². The van der Waals surface area contributed by atoms with Crippen LogP contribution in [0.25, 0.3) is 0 Å². The molecule has 0 unspecified atom stereocenters. The minimum atomic E-state index is -0.269. The van der Waals surface area contributed by atoms with Gasteiger partial charge in [-0.3, -0.25) is 4.79 Å². The molecule has 0 aliphatic rings. The van der Waals surface area contributed by atoms with Gasteiger partial charge in [0.05, 0.1) is 13.7 Å². The Bertz CT molecular complexity index is 878. The van der Waals surface area contributed by atoms with E-state index in [9.17, 15) is 4.79 Å². The first-order valence-corrected chi connectivity index (χ1v) is 8.96. The molecule has 2 aromatic carbocycles. The maximum atomic E-state index is 12.3. The number of ether oxygens (including phenoxy) is 2. The van der Waals surface area contributed by atoms with Crippen LogP contribution < -0.4 is 20.1 Å². The third kappa shape index (κ3) is 4.52. The van der Waals surface area contributed by atoms with Crippen molar-refractivity contribution in [3.8, 4) is 11.5 Å². The summed E-state index contributed by atoms with van der Waals surface area (Å²) in [5, 5.41) is 8.35. The highest BCUT2D eigenvalue weighted by molar-refractivity contribution is 7.14. The van der Waals surface area contributed by atoms with Crippen LogP contribution in [0.15, 0.2) is 53.9 Å². The van der Waals surface area contributed by atoms with Crippen molar-refractivity contribution in [2.45, 2.75) is 6.92 Å². The standard InChI is InChI=1S/C19H19N3O3S/c1-3-25-15-9-7-13(8-10-15)21-19-22-17(12-26-19)18(23)20-14-5-4-6-16(11-14)24-2/h4-12H,3H2,1-2H3,(H,20,23)(H,21,22). The van der Waals surface area contributed by atoms with Crippen LogP contribution in [0.2, 0.25) is 0 Å². The lowest BCUT2D eigenvalue weighted by Crippen LogP contribution is -2.12. The first-order chi connectivity index (χ1) is 12.7. The SMILES string of the molecule is CCOc1ccc(Nc2nc(C(=O)Nc3cccc(OC)c3)cs2)cc1. The first kappa shape index (κ1) is 17.8. The molecule has 0 saturated heterocycles. The van der Waals surface area contributed by atoms with Gasteiger partial charge in [0.2, 0.25) is 0 Å². The number of carbonyl (C=O) groups excluding carboxylic acids is 1. The molecule has 0 fully saturated rings. The van der Waals surface area contributed by atoms with Gasteiger partial charge in [-0.2, -0.15) is 0 Å². The monoisotopic (exact) mass is 369 g/mol. The van der Waals surface area contributed by atoms with Crippen molar-refractivity contribution in [3.63, 3.8) is 0 Å². The molecule has 0 spiro atoms. The van der Waals surface area contributed by atoms with Gasteiger partial charge in [-0.1, -0.05) is 6.07 Å². The fourth-order valence-corrected chi connectivity index (χ4v) is 2.97. The number of hydrogen-bond acceptors (Lipinski definition) is 6. The molecular formula is C19H19N3O3S. The summed E-state index contributed by atoms with van der Waals surface area (Å²) < 4.78 is 10.6. The maximum absolute atomic E-state index is 12.3. The molecular weight excluding hydrogens is 350 g/mol. The quantitative estimate of drug-likeness (QED) is 0.639. The van der Waals surface area contributed by atoms with Crippen LogP contribution in [0.5, 0.6) is 11.5 Å². The van der Waals surface area contributed by atoms with Crippen molar-refractivity contribution in [1.29, 1.82) is 0 Å². The molecule has 1 heterocycles. The van der Waals surface area contributed by atoms with Gasteiger partial charge < -0.3 is 20.1 Å². The topological polar surface area (TPSA) is 72.5 Å². The van der Waals surface area contributed by atoms with Crippen molar-refractivity contribution in [2.75, 3.05) is 24.4 Å². The maximum Gasteiger partial charge on any atom is 0.275 e. The van der Waals surface area contributed by atoms with E-state index in [1.54, 1.807) is 24.6 Å². The van der Waals surface area contributed by atoms with E-state index in [2.05, 4.69) is 15.6 Å². The van der Waals surface area contributed by atoms with Crippen molar-refractivity contribution in [3.05, 3.63) is 59.6 Å². The lowest BCUT2D eigenvalue weighted by atomic mass is 10.3. The average Bonchev–Trinajstić information content (AvgIpc) is 3.12. The summed E-state index contributed by atoms with van der Waals surface area (Å²) in [6.07, 6.45) is 0. The van der Waals surface area contributed by atoms with Crippen molar-refractivity contribution < 1.29 is 14.3 Å². The van der Waals surface area contributed by atoms with Gasteiger partial charge in [0.15, 0.2) is 5.13 Å². The molecule has 0 aliphatic heterocycles. The number of aromatic nitrogens is 1. The third-order valence-electron chi connectivity index (χ3n) is 3.48. The fraction of sp³-hybridized carbons (Fsp3) is 0.158. The lowest BCUT2D eigenvalue weighted by Gasteiger charge is -2.06. The van der Waals surface area contributed by atoms with Gasteiger partial charge in [-0.15, -0.1) is 11.3 Å². The van der Waals surface area contributed by atoms with Gasteiger partial charge in [0, 0.05) is 22.8 Å². The number of anilines is 3. The minimum absolute atomic E-state index is 0.269. The van der Waals surface area contributed by atoms with E-state index in [1.165, 1.54) is 11.3 Å². The molecule has 3 rings (SSSR count). The number of nitrogens with one attached hydrogen (secondary N) is 2. The summed E-state index contributed by atoms with van der Waals surface area (Å²) in [5.41, 5.74) is 1.89. The second-order valence-electron chi connectivity index (χ2n) is 5.31. The molecule has 6 nitrogen and oxygen atoms in total. The second kappa shape index (κ2) is 8.35. The molecule has 0 radical (unpaired) electrons. The van der Waals surface area contributed by atoms with Crippen LogP contribution in [-0.4, -0.2) is 24.6 Å². The Labute approximate surface area is 155 Å². The van der Waals surface area contributed by atoms with E-state index in [4.69, 9.17) is 9.47 Å². The van der Waals surface area contributed by atoms with E-state index in [1.807, 2.05) is 43.3 Å². The van der Waals surface area contributed by atoms with Crippen LogP contribution in [0.3, 0.4) is 0 Å². The van der Waals surface area contributed by atoms with Crippen molar-refractivity contribution >= 4 is 33.8 Å². The number of benzene rings is 2. The number of methoxy groups -OCH3 is 1. The molecule has 0 atom stereocenters. The van der Waals surface area contributed by atoms with E-state index in [0.29, 0.717) is 28.9 Å². The first-order valence-electron chi connectivity index (χ1n) is 8.08. The van der Waals surface area contributed by atoms with E-state index < -0.39 is 0 Å². The molecule has 0 bridgehead atoms. The van der Waals surface area contributed by atoms with Crippen LogP contribution in [0.4, 0.5) is 16.5 Å². The van der Waals surface area contributed by atoms with Gasteiger partial charge in [-0.05, 0) is 43.3 Å². The average molecular weight is 369 g/mol. The Morgan fingerprint density at radius 2 is 1.92 bits per heavy atom. The molecule has 3 aromatic rings. The zero-order valence-corrected chi connectivity index (χ0v) is 15.3. The lowest BCUT2D eigenvalue weighted by molar-refractivity contribution is 0.102. The Hall–Kier alpha value is -3.06. The number of nitrogens with zero attached hydrogens (tertiary/aromatic N) is 1. The van der Waals surface area contributed by atoms with Crippen LogP contribution in [0.1, 0.15) is 17.4 Å². The van der Waals surface area contributed by atoms with Crippen LogP contribution >= 0.6 is 11.3 Å². The summed E-state index contributed by atoms with van der Waals surface area (Å²) >= 11 is 1.37. The number of carbonyl (C=O) groups is 1. The van der Waals surface area contributed by atoms with Crippen LogP contribution in [-0.2, 0) is 0 Å². The molecule has 2 N–H and O–H groups in total. The number of hydrogen-bond donors (Lipinski definition) is 2. The molecule has 0 aliphatic carbocycles. The molecule has 26 heavy (non-hydrogen) atoms. The Morgan fingerprint density at radius 3 is 2.65 bits per heavy atom. The highest BCUT2D eigenvalue weighted by atomic mass is 32.1. The van der Waals surface area contributed by atoms with E-state index in [-0.39, 0.29) is 5.91 Å². The van der Waals surface area contributed by atoms with E-state index in [0.717, 1.165) is 11.4 Å². The van der Waals surface area contributed by atoms with Crippen molar-refractivity contribution in [1.82, 2.24) is 4.98 Å². The normalized spacial score (nSPS) is 10.2. The minimum Gasteiger partial charge on any atom is -0.497 e. The smallest absolute Gasteiger partial charge is 0.275 e. The predicted molar refractivity (Wildman–Crippen MR) is 104 cm³/mol. The summed E-state index contributed by atoms with van der Waals surface area (Å²) in [7, 11) is 1.58. The highest BCUT2D eigenvalue weighted by Gasteiger charge is 2.11. The molecule has 1 aromatic heterocycles. The summed E-state index contributed by atoms with van der Waals surface area (Å²) in [6, 6.07) is 14.8. The van der Waals surface area contributed by atoms with E-state index >= 15 is 0 Å². The van der Waals surface area contributed by atoms with Gasteiger partial charge in [-0.25, -0.2) is 4.98 Å². The number of thiazole rings is 1. The fourth-order valence-electron chi connectivity index (χ4n) is 2.26. The zero-order chi connectivity index (χ0) is 18.4. The van der Waals surface area contributed by atoms with Gasteiger partial charge in [0.1, 0.15) is 17.2 Å². The van der Waals surface area contributed by atoms with Gasteiger partial charge >= 0.3 is 0 Å². The molecule has 0 saturated carbocycles. The third-order valence-corrected chi connectivity index (χ3v) is 4.24. The predicted octanol–water partition coefficient (Wildman–Crippen LogP) is 4.55. The van der Waals surface area contributed by atoms with Crippen molar-refractivity contribution in [2.24, 2.45) is 0 Å². The highest BCUT2D eigenvalue weighted by Crippen LogP contribution is 2.24. The summed E-state index contributed by atoms with van der Waals surface area (Å²) in [5.74, 6) is 1.23. The number of amides is 1. The summed E-state index contributed by atoms with van der Waals surface area (Å²) in [6.45, 7) is 2.57. The zero-order valence-electron chi connectivity index (χ0n) is 14.5. The largest absolute Gasteiger partial charge is 0.497 e.